The fourth-order valence-corrected chi connectivity index (χ4v) is 1.15. The van der Waals surface area contributed by atoms with Gasteiger partial charge in [-0.15, -0.1) is 0 Å². The Morgan fingerprint density at radius 3 is 2.05 bits per heavy atom. The summed E-state index contributed by atoms with van der Waals surface area (Å²) < 4.78 is 28.0. The van der Waals surface area contributed by atoms with Gasteiger partial charge in [0.2, 0.25) is 0 Å². The quantitative estimate of drug-likeness (QED) is 0.839. The summed E-state index contributed by atoms with van der Waals surface area (Å²) in [7, 11) is 0. The van der Waals surface area contributed by atoms with Crippen LogP contribution in [0.2, 0.25) is 0 Å². The molecule has 0 spiro atoms. The minimum absolute atomic E-state index is 0.0381. The number of nitrogens with one attached hydrogen (secondary N) is 1. The number of halogens is 2. The molecule has 1 rings (SSSR count). The number of rotatable bonds is 4. The maximum Gasteiger partial charge on any atom is 0.387 e. The Bertz CT molecular complexity index is 587. The lowest BCUT2D eigenvalue weighted by molar-refractivity contribution is -0.0498. The highest BCUT2D eigenvalue weighted by molar-refractivity contribution is 5.58. The smallest absolute Gasteiger partial charge is 0.387 e. The van der Waals surface area contributed by atoms with Gasteiger partial charge in [0.25, 0.3) is 0 Å². The molecule has 19 heavy (non-hydrogen) atoms. The van der Waals surface area contributed by atoms with Crippen molar-refractivity contribution >= 4 is 5.69 Å². The van der Waals surface area contributed by atoms with Gasteiger partial charge in [0.15, 0.2) is 5.57 Å². The zero-order valence-electron chi connectivity index (χ0n) is 9.39. The Labute approximate surface area is 107 Å². The van der Waals surface area contributed by atoms with Crippen LogP contribution in [0, 0.1) is 34.0 Å². The molecule has 0 aliphatic rings. The van der Waals surface area contributed by atoms with Crippen LogP contribution in [-0.4, -0.2) is 6.61 Å². The van der Waals surface area contributed by atoms with Crippen molar-refractivity contribution < 1.29 is 13.5 Å². The van der Waals surface area contributed by atoms with Gasteiger partial charge in [-0.1, -0.05) is 0 Å². The molecule has 0 bridgehead atoms. The Balaban J connectivity index is 2.90. The third-order valence-electron chi connectivity index (χ3n) is 1.93. The first-order valence-corrected chi connectivity index (χ1v) is 4.87. The highest BCUT2D eigenvalue weighted by Crippen LogP contribution is 2.19. The third-order valence-corrected chi connectivity index (χ3v) is 1.93. The molecule has 1 N–H and O–H groups in total. The Kier molecular flexibility index (Phi) is 4.83. The first kappa shape index (κ1) is 14.0. The lowest BCUT2D eigenvalue weighted by atomic mass is 10.2. The van der Waals surface area contributed by atoms with E-state index in [1.807, 2.05) is 0 Å². The molecule has 7 heteroatoms. The van der Waals surface area contributed by atoms with Crippen LogP contribution >= 0.6 is 0 Å². The van der Waals surface area contributed by atoms with Crippen LogP contribution in [0.3, 0.4) is 0 Å². The molecule has 0 amide bonds. The van der Waals surface area contributed by atoms with E-state index in [2.05, 4.69) is 10.1 Å². The number of nitrogens with zero attached hydrogens (tertiary/aromatic N) is 3. The van der Waals surface area contributed by atoms with Gasteiger partial charge in [0, 0.05) is 5.69 Å². The van der Waals surface area contributed by atoms with Crippen LogP contribution in [-0.2, 0) is 0 Å². The first-order chi connectivity index (χ1) is 9.10. The van der Waals surface area contributed by atoms with E-state index in [0.29, 0.717) is 5.69 Å². The number of alkyl halides is 2. The molecule has 0 atom stereocenters. The lowest BCUT2D eigenvalue weighted by Gasteiger charge is -2.07. The van der Waals surface area contributed by atoms with Crippen molar-refractivity contribution in [3.63, 3.8) is 0 Å². The summed E-state index contributed by atoms with van der Waals surface area (Å²) in [5.41, 5.74) is -0.218. The molecule has 0 heterocycles. The molecule has 0 fully saturated rings. The van der Waals surface area contributed by atoms with E-state index in [1.54, 1.807) is 18.2 Å². The van der Waals surface area contributed by atoms with Crippen LogP contribution in [0.25, 0.3) is 0 Å². The number of benzene rings is 1. The number of ether oxygens (including phenoxy) is 1. The number of hydrogen-bond acceptors (Lipinski definition) is 5. The summed E-state index contributed by atoms with van der Waals surface area (Å²) in [5.74, 6) is -0.0381. The van der Waals surface area contributed by atoms with E-state index in [4.69, 9.17) is 15.8 Å². The number of allylic oxidation sites excluding steroid dienone is 2. The van der Waals surface area contributed by atoms with Gasteiger partial charge >= 0.3 is 6.61 Å². The molecule has 0 aliphatic carbocycles. The second-order valence-corrected chi connectivity index (χ2v) is 3.11. The number of nitriles is 3. The van der Waals surface area contributed by atoms with E-state index in [0.717, 1.165) is 0 Å². The Morgan fingerprint density at radius 2 is 1.63 bits per heavy atom. The molecule has 94 valence electrons. The standard InChI is InChI=1S/C12H6F2N4O/c13-12(14)19-10-3-1-9(2-4-10)18-11(7-17)8(5-15)6-16/h1-4,12,18H. The van der Waals surface area contributed by atoms with E-state index in [-0.39, 0.29) is 17.0 Å². The van der Waals surface area contributed by atoms with Crippen molar-refractivity contribution in [3.05, 3.63) is 35.5 Å². The van der Waals surface area contributed by atoms with Gasteiger partial charge in [-0.25, -0.2) is 0 Å². The summed E-state index contributed by atoms with van der Waals surface area (Å²) >= 11 is 0. The zero-order valence-corrected chi connectivity index (χ0v) is 9.39. The maximum atomic E-state index is 11.9. The predicted molar refractivity (Wildman–Crippen MR) is 60.6 cm³/mol. The second kappa shape index (κ2) is 6.58. The van der Waals surface area contributed by atoms with Gasteiger partial charge in [0.1, 0.15) is 29.7 Å². The maximum absolute atomic E-state index is 11.9. The summed E-state index contributed by atoms with van der Waals surface area (Å²) in [6, 6.07) is 10.1. The molecule has 0 unspecified atom stereocenters. The minimum Gasteiger partial charge on any atom is -0.435 e. The topological polar surface area (TPSA) is 92.6 Å². The van der Waals surface area contributed by atoms with Crippen LogP contribution in [0.4, 0.5) is 14.5 Å². The first-order valence-electron chi connectivity index (χ1n) is 4.87. The average molecular weight is 260 g/mol. The molecule has 0 radical (unpaired) electrons. The molecule has 0 aromatic heterocycles. The average Bonchev–Trinajstić information content (AvgIpc) is 2.40. The van der Waals surface area contributed by atoms with E-state index < -0.39 is 6.61 Å². The molecular formula is C12H6F2N4O. The summed E-state index contributed by atoms with van der Waals surface area (Å²) in [6.07, 6.45) is 0. The normalized spacial score (nSPS) is 8.84. The Morgan fingerprint density at radius 1 is 1.05 bits per heavy atom. The highest BCUT2D eigenvalue weighted by Gasteiger charge is 2.07. The molecule has 1 aromatic rings. The van der Waals surface area contributed by atoms with Gasteiger partial charge in [-0.3, -0.25) is 0 Å². The largest absolute Gasteiger partial charge is 0.435 e. The van der Waals surface area contributed by atoms with Crippen molar-refractivity contribution in [1.29, 1.82) is 15.8 Å². The predicted octanol–water partition coefficient (Wildman–Crippen LogP) is 2.52. The third kappa shape index (κ3) is 3.99. The van der Waals surface area contributed by atoms with Gasteiger partial charge in [-0.05, 0) is 24.3 Å². The van der Waals surface area contributed by atoms with Crippen molar-refractivity contribution in [1.82, 2.24) is 0 Å². The molecule has 0 aliphatic heterocycles. The van der Waals surface area contributed by atoms with Crippen LogP contribution in [0.1, 0.15) is 0 Å². The van der Waals surface area contributed by atoms with Crippen molar-refractivity contribution in [2.24, 2.45) is 0 Å². The number of anilines is 1. The molecular weight excluding hydrogens is 254 g/mol. The molecule has 5 nitrogen and oxygen atoms in total. The highest BCUT2D eigenvalue weighted by atomic mass is 19.3. The van der Waals surface area contributed by atoms with Crippen molar-refractivity contribution in [3.8, 4) is 24.0 Å². The van der Waals surface area contributed by atoms with E-state index in [1.165, 1.54) is 24.3 Å². The summed E-state index contributed by atoms with van der Waals surface area (Å²) in [4.78, 5) is 0. The van der Waals surface area contributed by atoms with Crippen LogP contribution in [0.5, 0.6) is 5.75 Å². The fraction of sp³-hybridized carbons (Fsp3) is 0.0833. The SMILES string of the molecule is N#CC(C#N)=C(C#N)Nc1ccc(OC(F)F)cc1. The Hall–Kier alpha value is -3.11. The zero-order chi connectivity index (χ0) is 14.3. The van der Waals surface area contributed by atoms with Crippen molar-refractivity contribution in [2.45, 2.75) is 6.61 Å². The minimum atomic E-state index is -2.92. The van der Waals surface area contributed by atoms with Gasteiger partial charge in [0.05, 0.1) is 0 Å². The van der Waals surface area contributed by atoms with Gasteiger partial charge < -0.3 is 10.1 Å². The molecule has 0 saturated carbocycles. The van der Waals surface area contributed by atoms with Crippen LogP contribution in [0.15, 0.2) is 35.5 Å². The fourth-order valence-electron chi connectivity index (χ4n) is 1.15. The van der Waals surface area contributed by atoms with E-state index >= 15 is 0 Å². The van der Waals surface area contributed by atoms with Gasteiger partial charge in [-0.2, -0.15) is 24.6 Å². The van der Waals surface area contributed by atoms with Crippen molar-refractivity contribution in [2.75, 3.05) is 5.32 Å². The monoisotopic (exact) mass is 260 g/mol. The number of hydrogen-bond donors (Lipinski definition) is 1. The summed E-state index contributed by atoms with van der Waals surface area (Å²) in [6.45, 7) is -2.92. The molecule has 1 aromatic carbocycles. The second-order valence-electron chi connectivity index (χ2n) is 3.11. The lowest BCUT2D eigenvalue weighted by Crippen LogP contribution is -2.03. The molecule has 0 saturated heterocycles. The summed E-state index contributed by atoms with van der Waals surface area (Å²) in [5, 5.41) is 28.6. The van der Waals surface area contributed by atoms with Crippen LogP contribution < -0.4 is 10.1 Å². The van der Waals surface area contributed by atoms with E-state index in [9.17, 15) is 8.78 Å².